The molecule has 0 bridgehead atoms. The summed E-state index contributed by atoms with van der Waals surface area (Å²) in [6, 6.07) is 4.44. The molecule has 2 aromatic heterocycles. The summed E-state index contributed by atoms with van der Waals surface area (Å²) >= 11 is 0. The van der Waals surface area contributed by atoms with Gasteiger partial charge in [0.25, 0.3) is 0 Å². The van der Waals surface area contributed by atoms with Crippen molar-refractivity contribution in [3.63, 3.8) is 0 Å². The minimum absolute atomic E-state index is 0.328. The molecular weight excluding hydrogens is 326 g/mol. The maximum absolute atomic E-state index is 4.83. The van der Waals surface area contributed by atoms with E-state index in [0.29, 0.717) is 6.04 Å². The Kier molecular flexibility index (Phi) is 4.97. The molecular formula is C19H27N7. The average Bonchev–Trinajstić information content (AvgIpc) is 3.33. The van der Waals surface area contributed by atoms with E-state index in [1.165, 1.54) is 19.3 Å². The molecule has 4 heterocycles. The Balaban J connectivity index is 1.52. The Morgan fingerprint density at radius 3 is 2.77 bits per heavy atom. The van der Waals surface area contributed by atoms with Crippen molar-refractivity contribution >= 4 is 11.8 Å². The van der Waals surface area contributed by atoms with E-state index >= 15 is 0 Å². The SMILES string of the molecule is CNc1cc([C@H]2CCCN2Cc2ccnc(N3CCCC3)n2)nc(C)n1. The van der Waals surface area contributed by atoms with E-state index in [9.17, 15) is 0 Å². The lowest BCUT2D eigenvalue weighted by molar-refractivity contribution is 0.241. The van der Waals surface area contributed by atoms with Crippen LogP contribution in [0.25, 0.3) is 0 Å². The molecule has 138 valence electrons. The fourth-order valence-corrected chi connectivity index (χ4v) is 3.99. The lowest BCUT2D eigenvalue weighted by Gasteiger charge is -2.24. The van der Waals surface area contributed by atoms with Gasteiger partial charge in [-0.1, -0.05) is 0 Å². The van der Waals surface area contributed by atoms with Gasteiger partial charge in [0.05, 0.1) is 17.4 Å². The number of aromatic nitrogens is 4. The predicted molar refractivity (Wildman–Crippen MR) is 102 cm³/mol. The summed E-state index contributed by atoms with van der Waals surface area (Å²) in [4.78, 5) is 23.2. The third-order valence-electron chi connectivity index (χ3n) is 5.27. The summed E-state index contributed by atoms with van der Waals surface area (Å²) in [6.07, 6.45) is 6.69. The number of anilines is 2. The van der Waals surface area contributed by atoms with Gasteiger partial charge in [0.15, 0.2) is 0 Å². The van der Waals surface area contributed by atoms with Gasteiger partial charge in [-0.2, -0.15) is 0 Å². The summed E-state index contributed by atoms with van der Waals surface area (Å²) < 4.78 is 0. The Morgan fingerprint density at radius 1 is 1.12 bits per heavy atom. The molecule has 2 aromatic rings. The zero-order valence-electron chi connectivity index (χ0n) is 15.6. The van der Waals surface area contributed by atoms with Crippen LogP contribution in [0.1, 0.15) is 48.9 Å². The first kappa shape index (κ1) is 17.1. The molecule has 7 nitrogen and oxygen atoms in total. The molecule has 2 aliphatic rings. The quantitative estimate of drug-likeness (QED) is 0.886. The van der Waals surface area contributed by atoms with Crippen LogP contribution in [-0.4, -0.2) is 51.5 Å². The number of hydrogen-bond donors (Lipinski definition) is 1. The molecule has 0 unspecified atom stereocenters. The highest BCUT2D eigenvalue weighted by atomic mass is 15.3. The molecule has 2 fully saturated rings. The second-order valence-electron chi connectivity index (χ2n) is 7.15. The second kappa shape index (κ2) is 7.53. The third-order valence-corrected chi connectivity index (χ3v) is 5.27. The molecule has 7 heteroatoms. The summed E-state index contributed by atoms with van der Waals surface area (Å²) in [6.45, 7) is 6.01. The topological polar surface area (TPSA) is 70.1 Å². The average molecular weight is 353 g/mol. The summed E-state index contributed by atoms with van der Waals surface area (Å²) in [5.74, 6) is 2.58. The molecule has 0 saturated carbocycles. The fourth-order valence-electron chi connectivity index (χ4n) is 3.99. The van der Waals surface area contributed by atoms with Crippen molar-refractivity contribution in [3.05, 3.63) is 35.5 Å². The van der Waals surface area contributed by atoms with Crippen LogP contribution in [0.2, 0.25) is 0 Å². The van der Waals surface area contributed by atoms with E-state index in [0.717, 1.165) is 61.6 Å². The fraction of sp³-hybridized carbons (Fsp3) is 0.579. The van der Waals surface area contributed by atoms with Crippen molar-refractivity contribution in [2.24, 2.45) is 0 Å². The van der Waals surface area contributed by atoms with Crippen LogP contribution >= 0.6 is 0 Å². The molecule has 0 aliphatic carbocycles. The van der Waals surface area contributed by atoms with E-state index in [1.807, 2.05) is 26.2 Å². The number of hydrogen-bond acceptors (Lipinski definition) is 7. The highest BCUT2D eigenvalue weighted by Crippen LogP contribution is 2.32. The van der Waals surface area contributed by atoms with Crippen molar-refractivity contribution in [2.75, 3.05) is 36.9 Å². The van der Waals surface area contributed by atoms with Crippen LogP contribution in [-0.2, 0) is 6.54 Å². The molecule has 0 aromatic carbocycles. The first-order valence-electron chi connectivity index (χ1n) is 9.57. The van der Waals surface area contributed by atoms with Crippen LogP contribution in [0, 0.1) is 6.92 Å². The number of nitrogens with one attached hydrogen (secondary N) is 1. The Labute approximate surface area is 154 Å². The largest absolute Gasteiger partial charge is 0.373 e. The van der Waals surface area contributed by atoms with Gasteiger partial charge < -0.3 is 10.2 Å². The predicted octanol–water partition coefficient (Wildman–Crippen LogP) is 2.55. The number of likely N-dealkylation sites (tertiary alicyclic amines) is 1. The van der Waals surface area contributed by atoms with Gasteiger partial charge in [0.2, 0.25) is 5.95 Å². The van der Waals surface area contributed by atoms with Gasteiger partial charge in [-0.3, -0.25) is 4.90 Å². The minimum atomic E-state index is 0.328. The highest BCUT2D eigenvalue weighted by molar-refractivity contribution is 5.36. The molecule has 2 aliphatic heterocycles. The first-order chi connectivity index (χ1) is 12.7. The van der Waals surface area contributed by atoms with E-state index in [2.05, 4.69) is 31.2 Å². The zero-order valence-corrected chi connectivity index (χ0v) is 15.6. The molecule has 0 spiro atoms. The van der Waals surface area contributed by atoms with Gasteiger partial charge in [-0.15, -0.1) is 0 Å². The lowest BCUT2D eigenvalue weighted by atomic mass is 10.1. The van der Waals surface area contributed by atoms with E-state index in [1.54, 1.807) is 0 Å². The number of nitrogens with zero attached hydrogens (tertiary/aromatic N) is 6. The van der Waals surface area contributed by atoms with Crippen LogP contribution in [0.4, 0.5) is 11.8 Å². The lowest BCUT2D eigenvalue weighted by Crippen LogP contribution is -2.26. The van der Waals surface area contributed by atoms with Gasteiger partial charge in [0.1, 0.15) is 11.6 Å². The van der Waals surface area contributed by atoms with Crippen LogP contribution in [0.3, 0.4) is 0 Å². The van der Waals surface area contributed by atoms with Crippen LogP contribution in [0.15, 0.2) is 18.3 Å². The van der Waals surface area contributed by atoms with E-state index in [4.69, 9.17) is 9.97 Å². The smallest absolute Gasteiger partial charge is 0.225 e. The summed E-state index contributed by atoms with van der Waals surface area (Å²) in [7, 11) is 1.90. The van der Waals surface area contributed by atoms with Gasteiger partial charge in [-0.25, -0.2) is 19.9 Å². The number of aryl methyl sites for hydroxylation is 1. The minimum Gasteiger partial charge on any atom is -0.373 e. The molecule has 0 amide bonds. The molecule has 1 atom stereocenters. The van der Waals surface area contributed by atoms with Crippen LogP contribution < -0.4 is 10.2 Å². The molecule has 2 saturated heterocycles. The normalized spacial score (nSPS) is 20.7. The van der Waals surface area contributed by atoms with Gasteiger partial charge >= 0.3 is 0 Å². The first-order valence-corrected chi connectivity index (χ1v) is 9.57. The van der Waals surface area contributed by atoms with Crippen molar-refractivity contribution < 1.29 is 0 Å². The second-order valence-corrected chi connectivity index (χ2v) is 7.15. The maximum Gasteiger partial charge on any atom is 0.225 e. The maximum atomic E-state index is 4.83. The zero-order chi connectivity index (χ0) is 17.9. The van der Waals surface area contributed by atoms with E-state index in [-0.39, 0.29) is 0 Å². The van der Waals surface area contributed by atoms with Crippen molar-refractivity contribution in [1.82, 2.24) is 24.8 Å². The van der Waals surface area contributed by atoms with Crippen LogP contribution in [0.5, 0.6) is 0 Å². The third kappa shape index (κ3) is 3.62. The Bertz CT molecular complexity index is 757. The monoisotopic (exact) mass is 353 g/mol. The molecule has 4 rings (SSSR count). The summed E-state index contributed by atoms with van der Waals surface area (Å²) in [5, 5.41) is 3.14. The molecule has 1 N–H and O–H groups in total. The summed E-state index contributed by atoms with van der Waals surface area (Å²) in [5.41, 5.74) is 2.20. The molecule has 0 radical (unpaired) electrons. The van der Waals surface area contributed by atoms with Gasteiger partial charge in [0, 0.05) is 38.9 Å². The van der Waals surface area contributed by atoms with Crippen molar-refractivity contribution in [2.45, 2.75) is 45.2 Å². The number of rotatable bonds is 5. The highest BCUT2D eigenvalue weighted by Gasteiger charge is 2.28. The Morgan fingerprint density at radius 2 is 1.96 bits per heavy atom. The standard InChI is InChI=1S/C19H27N7/c1-14-22-16(12-18(20-2)23-14)17-6-5-11-26(17)13-15-7-8-21-19(24-15)25-9-3-4-10-25/h7-8,12,17H,3-6,9-11,13H2,1-2H3,(H,20,22,23)/t17-/m1/s1. The van der Waals surface area contributed by atoms with Crippen molar-refractivity contribution in [1.29, 1.82) is 0 Å². The molecule has 26 heavy (non-hydrogen) atoms. The van der Waals surface area contributed by atoms with Gasteiger partial charge in [-0.05, 0) is 45.2 Å². The Hall–Kier alpha value is -2.28. The van der Waals surface area contributed by atoms with Crippen molar-refractivity contribution in [3.8, 4) is 0 Å². The van der Waals surface area contributed by atoms with E-state index < -0.39 is 0 Å².